The van der Waals surface area contributed by atoms with Crippen molar-refractivity contribution in [1.29, 1.82) is 0 Å². The molecule has 2 rings (SSSR count). The smallest absolute Gasteiger partial charge is 0.228 e. The predicted molar refractivity (Wildman–Crippen MR) is 76.6 cm³/mol. The molecule has 1 aliphatic rings. The van der Waals surface area contributed by atoms with Crippen LogP contribution in [0.1, 0.15) is 32.3 Å². The van der Waals surface area contributed by atoms with Crippen molar-refractivity contribution < 1.29 is 9.53 Å². The van der Waals surface area contributed by atoms with Crippen molar-refractivity contribution in [2.75, 3.05) is 18.6 Å². The number of ether oxygens (including phenoxy) is 1. The van der Waals surface area contributed by atoms with Gasteiger partial charge in [0.1, 0.15) is 5.75 Å². The second kappa shape index (κ2) is 5.21. The maximum absolute atomic E-state index is 12.4. The van der Waals surface area contributed by atoms with Crippen LogP contribution in [0.2, 0.25) is 0 Å². The van der Waals surface area contributed by atoms with Gasteiger partial charge >= 0.3 is 0 Å². The number of nitrogens with zero attached hydrogens (tertiary/aromatic N) is 1. The summed E-state index contributed by atoms with van der Waals surface area (Å²) >= 11 is 0. The van der Waals surface area contributed by atoms with Crippen molar-refractivity contribution in [3.8, 4) is 5.75 Å². The molecule has 0 aliphatic carbocycles. The molecule has 0 saturated carbocycles. The Bertz CT molecular complexity index is 463. The number of aryl methyl sites for hydroxylation is 1. The first-order valence-electron chi connectivity index (χ1n) is 6.67. The van der Waals surface area contributed by atoms with Crippen LogP contribution < -0.4 is 15.4 Å². The first-order valence-corrected chi connectivity index (χ1v) is 6.67. The fraction of sp³-hybridized carbons (Fsp3) is 0.533. The Morgan fingerprint density at radius 1 is 1.47 bits per heavy atom. The summed E-state index contributed by atoms with van der Waals surface area (Å²) in [5.41, 5.74) is 7.56. The number of hydrogen-bond donors (Lipinski definition) is 1. The predicted octanol–water partition coefficient (Wildman–Crippen LogP) is 2.10. The molecule has 2 N–H and O–H groups in total. The second-order valence-corrected chi connectivity index (χ2v) is 5.78. The number of fused-ring (bicyclic) bond motifs is 1. The molecule has 104 valence electrons. The van der Waals surface area contributed by atoms with Crippen LogP contribution in [-0.4, -0.2) is 25.1 Å². The van der Waals surface area contributed by atoms with E-state index in [1.54, 1.807) is 7.11 Å². The van der Waals surface area contributed by atoms with E-state index in [0.717, 1.165) is 30.8 Å². The minimum Gasteiger partial charge on any atom is -0.495 e. The SMILES string of the molecule is COc1cccc2c1N(C(=O)CC(C)(C)N)CCC2. The third-order valence-corrected chi connectivity index (χ3v) is 3.31. The average Bonchev–Trinajstić information content (AvgIpc) is 2.35. The van der Waals surface area contributed by atoms with Gasteiger partial charge in [-0.1, -0.05) is 12.1 Å². The molecule has 1 amide bonds. The Kier molecular flexibility index (Phi) is 3.80. The van der Waals surface area contributed by atoms with E-state index in [2.05, 4.69) is 6.07 Å². The molecule has 0 bridgehead atoms. The highest BCUT2D eigenvalue weighted by Gasteiger charge is 2.28. The van der Waals surface area contributed by atoms with Crippen molar-refractivity contribution in [2.45, 2.75) is 38.6 Å². The van der Waals surface area contributed by atoms with E-state index < -0.39 is 5.54 Å². The van der Waals surface area contributed by atoms with Gasteiger partial charge < -0.3 is 15.4 Å². The van der Waals surface area contributed by atoms with Crippen LogP contribution in [0.15, 0.2) is 18.2 Å². The monoisotopic (exact) mass is 262 g/mol. The van der Waals surface area contributed by atoms with Gasteiger partial charge in [0, 0.05) is 18.5 Å². The molecule has 4 heteroatoms. The number of para-hydroxylation sites is 1. The number of methoxy groups -OCH3 is 1. The third-order valence-electron chi connectivity index (χ3n) is 3.31. The molecular weight excluding hydrogens is 240 g/mol. The minimum atomic E-state index is -0.489. The maximum Gasteiger partial charge on any atom is 0.228 e. The molecule has 1 aromatic rings. The fourth-order valence-electron chi connectivity index (χ4n) is 2.51. The molecular formula is C15H22N2O2. The quantitative estimate of drug-likeness (QED) is 0.907. The topological polar surface area (TPSA) is 55.6 Å². The number of amides is 1. The van der Waals surface area contributed by atoms with Crippen LogP contribution in [-0.2, 0) is 11.2 Å². The summed E-state index contributed by atoms with van der Waals surface area (Å²) < 4.78 is 5.40. The number of carbonyl (C=O) groups excluding carboxylic acids is 1. The minimum absolute atomic E-state index is 0.0675. The van der Waals surface area contributed by atoms with Crippen molar-refractivity contribution in [3.63, 3.8) is 0 Å². The van der Waals surface area contributed by atoms with E-state index >= 15 is 0 Å². The summed E-state index contributed by atoms with van der Waals surface area (Å²) in [5.74, 6) is 0.832. The van der Waals surface area contributed by atoms with Crippen molar-refractivity contribution in [3.05, 3.63) is 23.8 Å². The summed E-state index contributed by atoms with van der Waals surface area (Å²) in [6, 6.07) is 5.93. The third kappa shape index (κ3) is 3.07. The molecule has 0 fully saturated rings. The number of nitrogens with two attached hydrogens (primary N) is 1. The van der Waals surface area contributed by atoms with Gasteiger partial charge in [0.05, 0.1) is 12.8 Å². The summed E-state index contributed by atoms with van der Waals surface area (Å²) in [4.78, 5) is 14.3. The van der Waals surface area contributed by atoms with Gasteiger partial charge in [-0.25, -0.2) is 0 Å². The normalized spacial score (nSPS) is 15.1. The number of carbonyl (C=O) groups is 1. The number of benzene rings is 1. The highest BCUT2D eigenvalue weighted by Crippen LogP contribution is 2.36. The summed E-state index contributed by atoms with van der Waals surface area (Å²) in [5, 5.41) is 0. The number of anilines is 1. The Morgan fingerprint density at radius 3 is 2.84 bits per heavy atom. The number of hydrogen-bond acceptors (Lipinski definition) is 3. The zero-order chi connectivity index (χ0) is 14.0. The van der Waals surface area contributed by atoms with E-state index in [9.17, 15) is 4.79 Å². The molecule has 19 heavy (non-hydrogen) atoms. The fourth-order valence-corrected chi connectivity index (χ4v) is 2.51. The van der Waals surface area contributed by atoms with E-state index in [-0.39, 0.29) is 5.91 Å². The van der Waals surface area contributed by atoms with Crippen molar-refractivity contribution >= 4 is 11.6 Å². The van der Waals surface area contributed by atoms with E-state index in [1.165, 1.54) is 5.56 Å². The van der Waals surface area contributed by atoms with E-state index in [1.807, 2.05) is 30.9 Å². The van der Waals surface area contributed by atoms with Crippen molar-refractivity contribution in [1.82, 2.24) is 0 Å². The molecule has 1 aromatic carbocycles. The lowest BCUT2D eigenvalue weighted by molar-refractivity contribution is -0.119. The molecule has 0 atom stereocenters. The van der Waals surface area contributed by atoms with Crippen LogP contribution >= 0.6 is 0 Å². The van der Waals surface area contributed by atoms with Crippen LogP contribution in [0, 0.1) is 0 Å². The van der Waals surface area contributed by atoms with Crippen LogP contribution in [0.25, 0.3) is 0 Å². The van der Waals surface area contributed by atoms with Gasteiger partial charge in [0.2, 0.25) is 5.91 Å². The Hall–Kier alpha value is -1.55. The zero-order valence-corrected chi connectivity index (χ0v) is 11.9. The molecule has 1 heterocycles. The van der Waals surface area contributed by atoms with Gasteiger partial charge in [-0.15, -0.1) is 0 Å². The highest BCUT2D eigenvalue weighted by molar-refractivity contribution is 5.96. The van der Waals surface area contributed by atoms with Gasteiger partial charge in [0.15, 0.2) is 0 Å². The van der Waals surface area contributed by atoms with E-state index in [0.29, 0.717) is 6.42 Å². The second-order valence-electron chi connectivity index (χ2n) is 5.78. The summed E-state index contributed by atoms with van der Waals surface area (Å²) in [6.07, 6.45) is 2.31. The molecule has 0 unspecified atom stereocenters. The molecule has 0 radical (unpaired) electrons. The first-order chi connectivity index (χ1) is 8.92. The average molecular weight is 262 g/mol. The largest absolute Gasteiger partial charge is 0.495 e. The lowest BCUT2D eigenvalue weighted by Gasteiger charge is -2.32. The van der Waals surface area contributed by atoms with Crippen LogP contribution in [0.4, 0.5) is 5.69 Å². The maximum atomic E-state index is 12.4. The zero-order valence-electron chi connectivity index (χ0n) is 11.9. The molecule has 0 aromatic heterocycles. The molecule has 0 spiro atoms. The Balaban J connectivity index is 2.34. The van der Waals surface area contributed by atoms with E-state index in [4.69, 9.17) is 10.5 Å². The van der Waals surface area contributed by atoms with Crippen LogP contribution in [0.5, 0.6) is 5.75 Å². The molecule has 1 aliphatic heterocycles. The molecule has 0 saturated heterocycles. The van der Waals surface area contributed by atoms with Crippen LogP contribution in [0.3, 0.4) is 0 Å². The lowest BCUT2D eigenvalue weighted by Crippen LogP contribution is -2.43. The van der Waals surface area contributed by atoms with Gasteiger partial charge in [-0.3, -0.25) is 4.79 Å². The van der Waals surface area contributed by atoms with Crippen molar-refractivity contribution in [2.24, 2.45) is 5.73 Å². The number of rotatable bonds is 3. The Labute approximate surface area is 114 Å². The molecule has 4 nitrogen and oxygen atoms in total. The van der Waals surface area contributed by atoms with Gasteiger partial charge in [0.25, 0.3) is 0 Å². The summed E-state index contributed by atoms with van der Waals surface area (Å²) in [6.45, 7) is 4.48. The van der Waals surface area contributed by atoms with Gasteiger partial charge in [-0.05, 0) is 38.3 Å². The first kappa shape index (κ1) is 13.9. The van der Waals surface area contributed by atoms with Gasteiger partial charge in [-0.2, -0.15) is 0 Å². The standard InChI is InChI=1S/C15H22N2O2/c1-15(2,16)10-13(18)17-9-5-7-11-6-4-8-12(19-3)14(11)17/h4,6,8H,5,7,9-10,16H2,1-3H3. The lowest BCUT2D eigenvalue weighted by atomic mass is 9.97. The Morgan fingerprint density at radius 2 is 2.21 bits per heavy atom. The summed E-state index contributed by atoms with van der Waals surface area (Å²) in [7, 11) is 1.64. The highest BCUT2D eigenvalue weighted by atomic mass is 16.5.